The maximum absolute atomic E-state index is 11.6. The number of amides is 1. The molecular formula is C15H20BrNO2. The van der Waals surface area contributed by atoms with Crippen LogP contribution in [-0.4, -0.2) is 22.6 Å². The van der Waals surface area contributed by atoms with E-state index in [4.69, 9.17) is 0 Å². The van der Waals surface area contributed by atoms with E-state index in [9.17, 15) is 9.90 Å². The molecule has 1 aromatic carbocycles. The Balaban J connectivity index is 2.62. The van der Waals surface area contributed by atoms with Gasteiger partial charge in [0.25, 0.3) is 0 Å². The topological polar surface area (TPSA) is 40.5 Å². The molecule has 0 fully saturated rings. The van der Waals surface area contributed by atoms with Gasteiger partial charge in [-0.25, -0.2) is 4.79 Å². The summed E-state index contributed by atoms with van der Waals surface area (Å²) >= 11 is 3.51. The summed E-state index contributed by atoms with van der Waals surface area (Å²) < 4.78 is 1.05. The van der Waals surface area contributed by atoms with Crippen LogP contribution >= 0.6 is 15.9 Å². The molecule has 0 radical (unpaired) electrons. The predicted molar refractivity (Wildman–Crippen MR) is 79.5 cm³/mol. The van der Waals surface area contributed by atoms with Crippen LogP contribution in [0.1, 0.15) is 44.9 Å². The minimum Gasteiger partial charge on any atom is -0.465 e. The van der Waals surface area contributed by atoms with Crippen molar-refractivity contribution in [2.24, 2.45) is 5.92 Å². The highest BCUT2D eigenvalue weighted by Crippen LogP contribution is 2.43. The van der Waals surface area contributed by atoms with Gasteiger partial charge in [-0.1, -0.05) is 49.7 Å². The number of carbonyl (C=O) groups is 1. The molecule has 1 aliphatic heterocycles. The Kier molecular flexibility index (Phi) is 3.65. The van der Waals surface area contributed by atoms with Crippen molar-refractivity contribution < 1.29 is 9.90 Å². The molecule has 104 valence electrons. The number of rotatable bonds is 1. The molecule has 0 aromatic heterocycles. The lowest BCUT2D eigenvalue weighted by molar-refractivity contribution is 0.0859. The van der Waals surface area contributed by atoms with E-state index in [0.717, 1.165) is 10.0 Å². The molecule has 0 saturated heterocycles. The van der Waals surface area contributed by atoms with E-state index in [1.54, 1.807) is 4.90 Å². The molecule has 1 N–H and O–H groups in total. The van der Waals surface area contributed by atoms with Crippen LogP contribution in [0.3, 0.4) is 0 Å². The minimum absolute atomic E-state index is 0.0615. The van der Waals surface area contributed by atoms with E-state index in [1.165, 1.54) is 5.56 Å². The molecule has 0 saturated carbocycles. The van der Waals surface area contributed by atoms with E-state index < -0.39 is 6.09 Å². The minimum atomic E-state index is -0.833. The third-order valence-corrected chi connectivity index (χ3v) is 4.33. The van der Waals surface area contributed by atoms with E-state index >= 15 is 0 Å². The number of carboxylic acid groups (broad SMARTS) is 1. The van der Waals surface area contributed by atoms with Gasteiger partial charge in [-0.2, -0.15) is 0 Å². The zero-order valence-electron chi connectivity index (χ0n) is 11.8. The number of hydrogen-bond acceptors (Lipinski definition) is 1. The van der Waals surface area contributed by atoms with Crippen molar-refractivity contribution in [3.05, 3.63) is 33.8 Å². The van der Waals surface area contributed by atoms with Crippen molar-refractivity contribution in [3.63, 3.8) is 0 Å². The lowest BCUT2D eigenvalue weighted by atomic mass is 9.74. The van der Waals surface area contributed by atoms with Crippen molar-refractivity contribution in [1.82, 2.24) is 4.90 Å². The van der Waals surface area contributed by atoms with Gasteiger partial charge in [0.1, 0.15) is 0 Å². The third kappa shape index (κ3) is 2.50. The van der Waals surface area contributed by atoms with Crippen LogP contribution in [0.4, 0.5) is 4.79 Å². The van der Waals surface area contributed by atoms with Gasteiger partial charge < -0.3 is 10.0 Å². The molecule has 3 nitrogen and oxygen atoms in total. The predicted octanol–water partition coefficient (Wildman–Crippen LogP) is 4.42. The van der Waals surface area contributed by atoms with Gasteiger partial charge in [-0.3, -0.25) is 0 Å². The number of nitrogens with zero attached hydrogens (tertiary/aromatic N) is 1. The van der Waals surface area contributed by atoms with Gasteiger partial charge in [0, 0.05) is 16.4 Å². The summed E-state index contributed by atoms with van der Waals surface area (Å²) in [6.07, 6.45) is -0.833. The highest BCUT2D eigenvalue weighted by Gasteiger charge is 2.41. The maximum Gasteiger partial charge on any atom is 0.407 e. The Bertz CT molecular complexity index is 511. The standard InChI is InChI=1S/C15H20BrNO2/c1-9(2)13-11-6-5-10(16)7-12(11)15(3,4)8-17(13)14(18)19/h5-7,9,13H,8H2,1-4H3,(H,18,19). The average molecular weight is 326 g/mol. The second kappa shape index (κ2) is 4.82. The van der Waals surface area contributed by atoms with Gasteiger partial charge in [0.15, 0.2) is 0 Å². The van der Waals surface area contributed by atoms with Gasteiger partial charge in [-0.05, 0) is 29.2 Å². The van der Waals surface area contributed by atoms with E-state index in [1.807, 2.05) is 6.07 Å². The molecule has 2 rings (SSSR count). The zero-order chi connectivity index (χ0) is 14.4. The second-order valence-corrected chi connectivity index (χ2v) is 7.13. The number of halogens is 1. The fourth-order valence-electron chi connectivity index (χ4n) is 3.06. The first kappa shape index (κ1) is 14.4. The summed E-state index contributed by atoms with van der Waals surface area (Å²) in [5.74, 6) is 0.257. The Labute approximate surface area is 122 Å². The molecule has 1 atom stereocenters. The fourth-order valence-corrected chi connectivity index (χ4v) is 3.42. The second-order valence-electron chi connectivity index (χ2n) is 6.21. The zero-order valence-corrected chi connectivity index (χ0v) is 13.4. The van der Waals surface area contributed by atoms with Gasteiger partial charge in [-0.15, -0.1) is 0 Å². The first-order chi connectivity index (χ1) is 8.74. The lowest BCUT2D eigenvalue weighted by Crippen LogP contribution is -2.48. The molecule has 1 aromatic rings. The van der Waals surface area contributed by atoms with Crippen LogP contribution in [-0.2, 0) is 5.41 Å². The summed E-state index contributed by atoms with van der Waals surface area (Å²) in [5.41, 5.74) is 2.22. The normalized spacial score (nSPS) is 21.4. The Hall–Kier alpha value is -1.03. The molecule has 0 bridgehead atoms. The number of benzene rings is 1. The maximum atomic E-state index is 11.6. The number of fused-ring (bicyclic) bond motifs is 1. The molecule has 0 aliphatic carbocycles. The first-order valence-electron chi connectivity index (χ1n) is 6.53. The summed E-state index contributed by atoms with van der Waals surface area (Å²) in [5, 5.41) is 9.49. The molecule has 1 heterocycles. The van der Waals surface area contributed by atoms with Crippen LogP contribution in [0.25, 0.3) is 0 Å². The highest BCUT2D eigenvalue weighted by molar-refractivity contribution is 9.10. The van der Waals surface area contributed by atoms with E-state index in [-0.39, 0.29) is 17.4 Å². The quantitative estimate of drug-likeness (QED) is 0.830. The third-order valence-electron chi connectivity index (χ3n) is 3.84. The lowest BCUT2D eigenvalue weighted by Gasteiger charge is -2.45. The smallest absolute Gasteiger partial charge is 0.407 e. The van der Waals surface area contributed by atoms with E-state index in [0.29, 0.717) is 6.54 Å². The van der Waals surface area contributed by atoms with Crippen LogP contribution < -0.4 is 0 Å². The van der Waals surface area contributed by atoms with Crippen molar-refractivity contribution >= 4 is 22.0 Å². The Morgan fingerprint density at radius 3 is 2.63 bits per heavy atom. The molecule has 1 aliphatic rings. The average Bonchev–Trinajstić information content (AvgIpc) is 2.28. The fraction of sp³-hybridized carbons (Fsp3) is 0.533. The summed E-state index contributed by atoms with van der Waals surface area (Å²) in [6.45, 7) is 8.89. The Morgan fingerprint density at radius 2 is 2.11 bits per heavy atom. The molecule has 1 unspecified atom stereocenters. The van der Waals surface area contributed by atoms with Crippen molar-refractivity contribution in [1.29, 1.82) is 0 Å². The van der Waals surface area contributed by atoms with Gasteiger partial charge in [0.2, 0.25) is 0 Å². The molecular weight excluding hydrogens is 306 g/mol. The molecule has 4 heteroatoms. The van der Waals surface area contributed by atoms with Crippen LogP contribution in [0, 0.1) is 5.92 Å². The van der Waals surface area contributed by atoms with Gasteiger partial charge in [0.05, 0.1) is 6.04 Å². The molecule has 1 amide bonds. The monoisotopic (exact) mass is 325 g/mol. The first-order valence-corrected chi connectivity index (χ1v) is 7.33. The highest BCUT2D eigenvalue weighted by atomic mass is 79.9. The summed E-state index contributed by atoms with van der Waals surface area (Å²) in [6, 6.07) is 6.12. The summed E-state index contributed by atoms with van der Waals surface area (Å²) in [4.78, 5) is 13.1. The Morgan fingerprint density at radius 1 is 1.47 bits per heavy atom. The SMILES string of the molecule is CC(C)C1c2ccc(Br)cc2C(C)(C)CN1C(=O)O. The summed E-state index contributed by atoms with van der Waals surface area (Å²) in [7, 11) is 0. The van der Waals surface area contributed by atoms with Crippen molar-refractivity contribution in [2.45, 2.75) is 39.2 Å². The largest absolute Gasteiger partial charge is 0.465 e. The van der Waals surface area contributed by atoms with E-state index in [2.05, 4.69) is 55.8 Å². The van der Waals surface area contributed by atoms with Crippen LogP contribution in [0.5, 0.6) is 0 Å². The molecule has 19 heavy (non-hydrogen) atoms. The number of hydrogen-bond donors (Lipinski definition) is 1. The molecule has 0 spiro atoms. The van der Waals surface area contributed by atoms with Crippen molar-refractivity contribution in [2.75, 3.05) is 6.54 Å². The van der Waals surface area contributed by atoms with Crippen LogP contribution in [0.2, 0.25) is 0 Å². The van der Waals surface area contributed by atoms with Gasteiger partial charge >= 0.3 is 6.09 Å². The van der Waals surface area contributed by atoms with Crippen LogP contribution in [0.15, 0.2) is 22.7 Å². The van der Waals surface area contributed by atoms with Crippen molar-refractivity contribution in [3.8, 4) is 0 Å².